The van der Waals surface area contributed by atoms with Crippen LogP contribution in [-0.2, 0) is 19.1 Å². The van der Waals surface area contributed by atoms with E-state index in [9.17, 15) is 14.7 Å². The summed E-state index contributed by atoms with van der Waals surface area (Å²) in [5.41, 5.74) is -1.90. The maximum Gasteiger partial charge on any atom is 0.312 e. The highest BCUT2D eigenvalue weighted by molar-refractivity contribution is 5.76. The van der Waals surface area contributed by atoms with E-state index in [0.717, 1.165) is 6.42 Å². The molecule has 0 spiro atoms. The second-order valence-corrected chi connectivity index (χ2v) is 8.48. The smallest absolute Gasteiger partial charge is 0.312 e. The zero-order valence-electron chi connectivity index (χ0n) is 14.0. The fourth-order valence-electron chi connectivity index (χ4n) is 5.88. The molecule has 5 heteroatoms. The van der Waals surface area contributed by atoms with Crippen LogP contribution in [0.2, 0.25) is 0 Å². The third kappa shape index (κ3) is 1.81. The molecule has 1 N–H and O–H groups in total. The quantitative estimate of drug-likeness (QED) is 0.749. The van der Waals surface area contributed by atoms with Gasteiger partial charge in [-0.05, 0) is 24.2 Å². The van der Waals surface area contributed by atoms with Crippen LogP contribution in [-0.4, -0.2) is 35.4 Å². The van der Waals surface area contributed by atoms with Crippen LogP contribution in [0.5, 0.6) is 0 Å². The third-order valence-corrected chi connectivity index (χ3v) is 6.25. The number of esters is 2. The highest BCUT2D eigenvalue weighted by Gasteiger charge is 2.75. The van der Waals surface area contributed by atoms with E-state index in [1.807, 2.05) is 13.8 Å². The molecule has 3 aliphatic rings. The van der Waals surface area contributed by atoms with Crippen molar-refractivity contribution in [3.8, 4) is 0 Å². The van der Waals surface area contributed by atoms with Crippen LogP contribution in [0.1, 0.15) is 47.5 Å². The first-order valence-electron chi connectivity index (χ1n) is 8.09. The van der Waals surface area contributed by atoms with Gasteiger partial charge in [-0.2, -0.15) is 0 Å². The lowest BCUT2D eigenvalue weighted by molar-refractivity contribution is -0.246. The van der Waals surface area contributed by atoms with Crippen LogP contribution in [0.3, 0.4) is 0 Å². The van der Waals surface area contributed by atoms with Gasteiger partial charge in [0.05, 0.1) is 18.1 Å². The van der Waals surface area contributed by atoms with Gasteiger partial charge < -0.3 is 14.6 Å². The lowest BCUT2D eigenvalue weighted by Gasteiger charge is -2.56. The number of aliphatic hydroxyl groups is 1. The summed E-state index contributed by atoms with van der Waals surface area (Å²) in [6.07, 6.45) is 0.984. The summed E-state index contributed by atoms with van der Waals surface area (Å²) in [6, 6.07) is 0. The van der Waals surface area contributed by atoms with Gasteiger partial charge in [0, 0.05) is 18.3 Å². The molecule has 2 aliphatic carbocycles. The Morgan fingerprint density at radius 1 is 1.36 bits per heavy atom. The molecule has 0 radical (unpaired) electrons. The predicted molar refractivity (Wildman–Crippen MR) is 78.7 cm³/mol. The standard InChI is InChI=1S/C17H26O5/c1-9-6-11(22-10(2)18)13-15(3,4)7-16(5)8-21-14(19)12(9)17(13,16)20/h9,11-13,20H,6-8H2,1-5H3. The Morgan fingerprint density at radius 2 is 2.00 bits per heavy atom. The van der Waals surface area contributed by atoms with E-state index in [1.54, 1.807) is 0 Å². The molecule has 0 aromatic carbocycles. The van der Waals surface area contributed by atoms with E-state index in [1.165, 1.54) is 6.92 Å². The number of hydrogen-bond donors (Lipinski definition) is 1. The van der Waals surface area contributed by atoms with E-state index in [-0.39, 0.29) is 41.9 Å². The Morgan fingerprint density at radius 3 is 2.59 bits per heavy atom. The minimum Gasteiger partial charge on any atom is -0.465 e. The normalized spacial score (nSPS) is 49.3. The highest BCUT2D eigenvalue weighted by atomic mass is 16.6. The van der Waals surface area contributed by atoms with Crippen molar-refractivity contribution in [2.75, 3.05) is 6.61 Å². The summed E-state index contributed by atoms with van der Waals surface area (Å²) in [4.78, 5) is 23.9. The van der Waals surface area contributed by atoms with Crippen LogP contribution >= 0.6 is 0 Å². The Bertz CT molecular complexity index is 527. The summed E-state index contributed by atoms with van der Waals surface area (Å²) in [5, 5.41) is 11.7. The predicted octanol–water partition coefficient (Wildman–Crippen LogP) is 1.91. The van der Waals surface area contributed by atoms with Crippen LogP contribution in [0.4, 0.5) is 0 Å². The fraction of sp³-hybridized carbons (Fsp3) is 0.882. The Labute approximate surface area is 131 Å². The first-order valence-corrected chi connectivity index (χ1v) is 8.09. The zero-order valence-corrected chi connectivity index (χ0v) is 14.0. The first kappa shape index (κ1) is 15.8. The van der Waals surface area contributed by atoms with Gasteiger partial charge >= 0.3 is 11.9 Å². The molecule has 5 nitrogen and oxygen atoms in total. The summed E-state index contributed by atoms with van der Waals surface area (Å²) in [6.45, 7) is 9.75. The minimum atomic E-state index is -1.18. The molecule has 1 heterocycles. The van der Waals surface area contributed by atoms with Crippen molar-refractivity contribution in [1.82, 2.24) is 0 Å². The maximum absolute atomic E-state index is 12.4. The number of cyclic esters (lactones) is 1. The Balaban J connectivity index is 2.13. The van der Waals surface area contributed by atoms with Crippen LogP contribution in [0, 0.1) is 28.6 Å². The molecule has 0 amide bonds. The number of carbonyl (C=O) groups excluding carboxylic acids is 2. The van der Waals surface area contributed by atoms with Crippen molar-refractivity contribution in [3.63, 3.8) is 0 Å². The van der Waals surface area contributed by atoms with Gasteiger partial charge in [-0.25, -0.2) is 0 Å². The van der Waals surface area contributed by atoms with E-state index < -0.39 is 16.9 Å². The van der Waals surface area contributed by atoms with Crippen molar-refractivity contribution in [3.05, 3.63) is 0 Å². The van der Waals surface area contributed by atoms with E-state index in [0.29, 0.717) is 6.42 Å². The van der Waals surface area contributed by atoms with Crippen molar-refractivity contribution in [2.45, 2.75) is 59.2 Å². The zero-order chi connectivity index (χ0) is 16.5. The molecule has 1 aliphatic heterocycles. The van der Waals surface area contributed by atoms with Gasteiger partial charge in [0.1, 0.15) is 6.10 Å². The molecule has 3 rings (SSSR count). The number of ether oxygens (including phenoxy) is 2. The monoisotopic (exact) mass is 310 g/mol. The molecular weight excluding hydrogens is 284 g/mol. The van der Waals surface area contributed by atoms with Gasteiger partial charge in [0.25, 0.3) is 0 Å². The van der Waals surface area contributed by atoms with Crippen molar-refractivity contribution in [2.24, 2.45) is 28.6 Å². The Hall–Kier alpha value is -1.10. The summed E-state index contributed by atoms with van der Waals surface area (Å²) in [5.74, 6) is -1.50. The number of carbonyl (C=O) groups is 2. The van der Waals surface area contributed by atoms with Gasteiger partial charge in [-0.1, -0.05) is 27.7 Å². The molecule has 22 heavy (non-hydrogen) atoms. The summed E-state index contributed by atoms with van der Waals surface area (Å²) in [7, 11) is 0. The Kier molecular flexibility index (Phi) is 3.20. The molecule has 6 atom stereocenters. The second-order valence-electron chi connectivity index (χ2n) is 8.48. The number of hydrogen-bond acceptors (Lipinski definition) is 5. The lowest BCUT2D eigenvalue weighted by atomic mass is 9.54. The van der Waals surface area contributed by atoms with Gasteiger partial charge in [-0.15, -0.1) is 0 Å². The van der Waals surface area contributed by atoms with Crippen molar-refractivity contribution < 1.29 is 24.2 Å². The average Bonchev–Trinajstić information content (AvgIpc) is 2.49. The van der Waals surface area contributed by atoms with E-state index >= 15 is 0 Å². The molecular formula is C17H26O5. The van der Waals surface area contributed by atoms with Crippen LogP contribution in [0.25, 0.3) is 0 Å². The molecule has 0 aromatic heterocycles. The molecule has 124 valence electrons. The summed E-state index contributed by atoms with van der Waals surface area (Å²) >= 11 is 0. The number of rotatable bonds is 1. The fourth-order valence-corrected chi connectivity index (χ4v) is 5.88. The first-order chi connectivity index (χ1) is 10.0. The van der Waals surface area contributed by atoms with Gasteiger partial charge in [-0.3, -0.25) is 9.59 Å². The van der Waals surface area contributed by atoms with E-state index in [4.69, 9.17) is 9.47 Å². The molecule has 0 bridgehead atoms. The van der Waals surface area contributed by atoms with Crippen molar-refractivity contribution in [1.29, 1.82) is 0 Å². The van der Waals surface area contributed by atoms with Crippen molar-refractivity contribution >= 4 is 11.9 Å². The molecule has 1 saturated heterocycles. The van der Waals surface area contributed by atoms with Gasteiger partial charge in [0.2, 0.25) is 0 Å². The SMILES string of the molecule is CC(=O)OC1CC(C)C2C(=O)OCC3(C)CC(C)(C)C1C23O. The second kappa shape index (κ2) is 4.47. The third-order valence-electron chi connectivity index (χ3n) is 6.25. The maximum atomic E-state index is 12.4. The van der Waals surface area contributed by atoms with Gasteiger partial charge in [0.15, 0.2) is 0 Å². The van der Waals surface area contributed by atoms with E-state index in [2.05, 4.69) is 13.8 Å². The molecule has 6 unspecified atom stereocenters. The summed E-state index contributed by atoms with van der Waals surface area (Å²) < 4.78 is 11.0. The highest BCUT2D eigenvalue weighted by Crippen LogP contribution is 2.68. The topological polar surface area (TPSA) is 72.8 Å². The van der Waals surface area contributed by atoms with Crippen LogP contribution < -0.4 is 0 Å². The molecule has 2 saturated carbocycles. The molecule has 3 fully saturated rings. The lowest BCUT2D eigenvalue weighted by Crippen LogP contribution is -2.68. The minimum absolute atomic E-state index is 0.0772. The van der Waals surface area contributed by atoms with Crippen LogP contribution in [0.15, 0.2) is 0 Å². The largest absolute Gasteiger partial charge is 0.465 e. The average molecular weight is 310 g/mol. The molecule has 0 aromatic rings.